The Labute approximate surface area is 416 Å². The number of furan rings is 2. The van der Waals surface area contributed by atoms with E-state index in [-0.39, 0.29) is 0 Å². The molecule has 0 fully saturated rings. The third-order valence-electron chi connectivity index (χ3n) is 14.2. The molecule has 0 atom stereocenters. The molecule has 0 amide bonds. The Hall–Kier alpha value is -9.64. The summed E-state index contributed by atoms with van der Waals surface area (Å²) in [5, 5.41) is 9.02. The fourth-order valence-electron chi connectivity index (χ4n) is 11.0. The molecule has 0 saturated heterocycles. The van der Waals surface area contributed by atoms with Crippen LogP contribution in [0.4, 0.5) is 34.1 Å². The number of nitrogens with zero attached hydrogens (tertiary/aromatic N) is 2. The highest BCUT2D eigenvalue weighted by Crippen LogP contribution is 2.49. The van der Waals surface area contributed by atoms with Crippen molar-refractivity contribution in [2.75, 3.05) is 9.80 Å². The minimum absolute atomic E-state index is 0.841. The highest BCUT2D eigenvalue weighted by molar-refractivity contribution is 6.22. The highest BCUT2D eigenvalue weighted by Gasteiger charge is 2.24. The molecule has 0 radical (unpaired) electrons. The lowest BCUT2D eigenvalue weighted by Gasteiger charge is -2.30. The van der Waals surface area contributed by atoms with Crippen molar-refractivity contribution in [3.8, 4) is 33.4 Å². The first-order valence-electron chi connectivity index (χ1n) is 24.5. The Morgan fingerprint density at radius 1 is 0.222 bits per heavy atom. The average Bonchev–Trinajstić information content (AvgIpc) is 4.02. The first-order chi connectivity index (χ1) is 35.7. The van der Waals surface area contributed by atoms with Crippen molar-refractivity contribution in [1.29, 1.82) is 0 Å². The van der Waals surface area contributed by atoms with Crippen molar-refractivity contribution < 1.29 is 8.83 Å². The molecule has 72 heavy (non-hydrogen) atoms. The normalized spacial score (nSPS) is 11.6. The van der Waals surface area contributed by atoms with E-state index in [1.807, 2.05) is 18.2 Å². The predicted octanol–water partition coefficient (Wildman–Crippen LogP) is 19.7. The van der Waals surface area contributed by atoms with Gasteiger partial charge in [0.1, 0.15) is 22.3 Å². The fraction of sp³-hybridized carbons (Fsp3) is 0. The van der Waals surface area contributed by atoms with Crippen LogP contribution in [0.1, 0.15) is 0 Å². The topological polar surface area (TPSA) is 32.8 Å². The summed E-state index contributed by atoms with van der Waals surface area (Å²) < 4.78 is 13.3. The maximum atomic E-state index is 6.71. The molecule has 0 aliphatic rings. The molecule has 0 unspecified atom stereocenters. The monoisotopic (exact) mass is 920 g/mol. The van der Waals surface area contributed by atoms with E-state index >= 15 is 0 Å². The molecule has 12 aromatic carbocycles. The molecule has 2 heterocycles. The molecular weight excluding hydrogens is 877 g/mol. The Bertz CT molecular complexity index is 4340. The Morgan fingerprint density at radius 2 is 0.764 bits per heavy atom. The van der Waals surface area contributed by atoms with Crippen molar-refractivity contribution in [2.45, 2.75) is 0 Å². The second-order valence-corrected chi connectivity index (χ2v) is 18.4. The average molecular weight is 921 g/mol. The zero-order valence-corrected chi connectivity index (χ0v) is 39.1. The van der Waals surface area contributed by atoms with Crippen LogP contribution in [0.3, 0.4) is 0 Å². The second kappa shape index (κ2) is 17.1. The van der Waals surface area contributed by atoms with Gasteiger partial charge in [-0.25, -0.2) is 0 Å². The molecular formula is C68H44N2O2. The number of hydrogen-bond donors (Lipinski definition) is 0. The lowest BCUT2D eigenvalue weighted by molar-refractivity contribution is 0.668. The molecule has 0 N–H and O–H groups in total. The van der Waals surface area contributed by atoms with E-state index in [4.69, 9.17) is 8.83 Å². The van der Waals surface area contributed by atoms with Crippen LogP contribution in [0.25, 0.3) is 98.8 Å². The van der Waals surface area contributed by atoms with Crippen LogP contribution >= 0.6 is 0 Å². The molecule has 4 nitrogen and oxygen atoms in total. The molecule has 14 aromatic rings. The minimum atomic E-state index is 0.841. The van der Waals surface area contributed by atoms with Crippen LogP contribution in [-0.2, 0) is 0 Å². The number of benzene rings is 12. The summed E-state index contributed by atoms with van der Waals surface area (Å²) in [6.45, 7) is 0. The van der Waals surface area contributed by atoms with Crippen molar-refractivity contribution in [3.63, 3.8) is 0 Å². The fourth-order valence-corrected chi connectivity index (χ4v) is 11.0. The Kier molecular flexibility index (Phi) is 9.82. The van der Waals surface area contributed by atoms with Crippen LogP contribution < -0.4 is 9.80 Å². The molecule has 0 spiro atoms. The highest BCUT2D eigenvalue weighted by atomic mass is 16.3. The van der Waals surface area contributed by atoms with Crippen LogP contribution in [-0.4, -0.2) is 0 Å². The molecule has 338 valence electrons. The summed E-state index contributed by atoms with van der Waals surface area (Å²) in [6, 6.07) is 95.4. The van der Waals surface area contributed by atoms with E-state index in [0.29, 0.717) is 0 Å². The molecule has 4 heteroatoms. The van der Waals surface area contributed by atoms with Crippen LogP contribution in [0, 0.1) is 0 Å². The third kappa shape index (κ3) is 6.92. The summed E-state index contributed by atoms with van der Waals surface area (Å²) in [4.78, 5) is 4.80. The van der Waals surface area contributed by atoms with E-state index in [0.717, 1.165) is 111 Å². The number of hydrogen-bond acceptors (Lipinski definition) is 4. The standard InChI is InChI=1S/C68H44N2O2/c1-3-18-45(19-4-1)46-34-36-49(37-35-46)70(63-44-67-68(59-29-10-9-27-56(59)63)60-30-13-16-33-65(60)72-67)61-31-14-11-24-53(61)48-22-17-23-50(42-48)69(51-38-39-58-57-28-12-15-32-64(57)71-66(58)43-51)62-41-40-52(47-20-5-2-6-21-47)54-25-7-8-26-55(54)62/h1-44H. The third-order valence-corrected chi connectivity index (χ3v) is 14.2. The minimum Gasteiger partial charge on any atom is -0.456 e. The Balaban J connectivity index is 0.980. The lowest BCUT2D eigenvalue weighted by Crippen LogP contribution is -2.12. The summed E-state index contributed by atoms with van der Waals surface area (Å²) in [5.74, 6) is 0. The van der Waals surface area contributed by atoms with E-state index in [1.54, 1.807) is 0 Å². The van der Waals surface area contributed by atoms with Gasteiger partial charge in [0.2, 0.25) is 0 Å². The SMILES string of the molecule is c1ccc(-c2ccc(N(c3ccccc3-c3cccc(N(c4ccc5c(c4)oc4ccccc45)c4ccc(-c5ccccc5)c5ccccc45)c3)c3cc4oc5ccccc5c4c4ccccc34)cc2)cc1. The van der Waals surface area contributed by atoms with E-state index in [9.17, 15) is 0 Å². The van der Waals surface area contributed by atoms with Gasteiger partial charge in [0.15, 0.2) is 0 Å². The summed E-state index contributed by atoms with van der Waals surface area (Å²) in [5.41, 5.74) is 16.5. The quantitative estimate of drug-likeness (QED) is 0.144. The van der Waals surface area contributed by atoms with Gasteiger partial charge >= 0.3 is 0 Å². The number of anilines is 6. The van der Waals surface area contributed by atoms with Crippen molar-refractivity contribution in [3.05, 3.63) is 267 Å². The maximum Gasteiger partial charge on any atom is 0.138 e. The Morgan fingerprint density at radius 3 is 1.54 bits per heavy atom. The van der Waals surface area contributed by atoms with E-state index in [1.165, 1.54) is 22.1 Å². The largest absolute Gasteiger partial charge is 0.456 e. The first kappa shape index (κ1) is 41.3. The van der Waals surface area contributed by atoms with Gasteiger partial charge < -0.3 is 18.6 Å². The van der Waals surface area contributed by atoms with Gasteiger partial charge in [0, 0.05) is 67.1 Å². The van der Waals surface area contributed by atoms with E-state index < -0.39 is 0 Å². The molecule has 0 bridgehead atoms. The van der Waals surface area contributed by atoms with Crippen LogP contribution in [0.5, 0.6) is 0 Å². The zero-order chi connectivity index (χ0) is 47.5. The van der Waals surface area contributed by atoms with Crippen LogP contribution in [0.2, 0.25) is 0 Å². The molecule has 0 aliphatic heterocycles. The number of rotatable bonds is 9. The molecule has 14 rings (SSSR count). The second-order valence-electron chi connectivity index (χ2n) is 18.4. The van der Waals surface area contributed by atoms with Gasteiger partial charge in [-0.15, -0.1) is 0 Å². The summed E-state index contributed by atoms with van der Waals surface area (Å²) >= 11 is 0. The van der Waals surface area contributed by atoms with Crippen molar-refractivity contribution >= 4 is 99.5 Å². The number of para-hydroxylation sites is 3. The predicted molar refractivity (Wildman–Crippen MR) is 302 cm³/mol. The summed E-state index contributed by atoms with van der Waals surface area (Å²) in [6.07, 6.45) is 0. The van der Waals surface area contributed by atoms with Crippen molar-refractivity contribution in [1.82, 2.24) is 0 Å². The van der Waals surface area contributed by atoms with Gasteiger partial charge in [-0.1, -0.05) is 194 Å². The molecule has 0 saturated carbocycles. The first-order valence-corrected chi connectivity index (χ1v) is 24.5. The molecule has 2 aromatic heterocycles. The van der Waals surface area contributed by atoms with Crippen LogP contribution in [0.15, 0.2) is 276 Å². The van der Waals surface area contributed by atoms with Gasteiger partial charge in [0.25, 0.3) is 0 Å². The van der Waals surface area contributed by atoms with Gasteiger partial charge in [-0.05, 0) is 99.3 Å². The lowest BCUT2D eigenvalue weighted by atomic mass is 9.96. The maximum absolute atomic E-state index is 6.71. The number of fused-ring (bicyclic) bond motifs is 9. The molecule has 0 aliphatic carbocycles. The van der Waals surface area contributed by atoms with Crippen molar-refractivity contribution in [2.24, 2.45) is 0 Å². The van der Waals surface area contributed by atoms with E-state index in [2.05, 4.69) is 259 Å². The van der Waals surface area contributed by atoms with Gasteiger partial charge in [-0.3, -0.25) is 0 Å². The summed E-state index contributed by atoms with van der Waals surface area (Å²) in [7, 11) is 0. The van der Waals surface area contributed by atoms with Gasteiger partial charge in [0.05, 0.1) is 17.1 Å². The zero-order valence-electron chi connectivity index (χ0n) is 39.1. The smallest absolute Gasteiger partial charge is 0.138 e. The van der Waals surface area contributed by atoms with Gasteiger partial charge in [-0.2, -0.15) is 0 Å².